The highest BCUT2D eigenvalue weighted by atomic mass is 35.5. The van der Waals surface area contributed by atoms with E-state index in [2.05, 4.69) is 14.9 Å². The highest BCUT2D eigenvalue weighted by Crippen LogP contribution is 2.30. The van der Waals surface area contributed by atoms with E-state index in [1.54, 1.807) is 48.7 Å². The number of hydrogen-bond donors (Lipinski definition) is 2. The highest BCUT2D eigenvalue weighted by Gasteiger charge is 2.16. The predicted molar refractivity (Wildman–Crippen MR) is 116 cm³/mol. The summed E-state index contributed by atoms with van der Waals surface area (Å²) in [6.45, 7) is 4.98. The molecule has 2 heterocycles. The number of nitrogens with zero attached hydrogens (tertiary/aromatic N) is 1. The van der Waals surface area contributed by atoms with Crippen molar-refractivity contribution in [1.82, 2.24) is 4.90 Å². The van der Waals surface area contributed by atoms with Gasteiger partial charge in [-0.25, -0.2) is 8.42 Å². The van der Waals surface area contributed by atoms with Crippen LogP contribution in [0.15, 0.2) is 64.1 Å². The molecule has 1 aliphatic heterocycles. The van der Waals surface area contributed by atoms with E-state index in [0.717, 1.165) is 50.5 Å². The van der Waals surface area contributed by atoms with Crippen molar-refractivity contribution in [2.75, 3.05) is 49.4 Å². The van der Waals surface area contributed by atoms with E-state index >= 15 is 0 Å². The van der Waals surface area contributed by atoms with Gasteiger partial charge in [0, 0.05) is 31.6 Å². The van der Waals surface area contributed by atoms with Gasteiger partial charge >= 0.3 is 0 Å². The summed E-state index contributed by atoms with van der Waals surface area (Å²) in [5, 5.41) is 4.21. The molecule has 1 fully saturated rings. The monoisotopic (exact) mass is 437 g/mol. The third-order valence-electron chi connectivity index (χ3n) is 4.70. The van der Waals surface area contributed by atoms with E-state index in [1.165, 1.54) is 0 Å². The van der Waals surface area contributed by atoms with Crippen LogP contribution in [0.2, 0.25) is 0 Å². The van der Waals surface area contributed by atoms with Gasteiger partial charge in [-0.2, -0.15) is 0 Å². The molecule has 1 aliphatic rings. The number of ether oxygens (including phenoxy) is 1. The van der Waals surface area contributed by atoms with Crippen molar-refractivity contribution >= 4 is 44.8 Å². The highest BCUT2D eigenvalue weighted by molar-refractivity contribution is 7.92. The van der Waals surface area contributed by atoms with Gasteiger partial charge in [0.2, 0.25) is 0 Å². The van der Waals surface area contributed by atoms with Crippen molar-refractivity contribution < 1.29 is 17.6 Å². The molecule has 0 aliphatic carbocycles. The number of fused-ring (bicyclic) bond motifs is 1. The predicted octanol–water partition coefficient (Wildman–Crippen LogP) is 3.40. The number of anilines is 2. The van der Waals surface area contributed by atoms with Crippen LogP contribution in [0.5, 0.6) is 0 Å². The fraction of sp³-hybridized carbons (Fsp3) is 0.300. The number of hydrogen-bond acceptors (Lipinski definition) is 6. The standard InChI is InChI=1S/C20H23N3O4S.ClH/c24-28(25,18-4-2-1-3-5-18)22-17-14-16-6-11-27-20(16)19(15-17)21-7-8-23-9-12-26-13-10-23;/h1-6,11,14-15,21-22H,7-10,12-13H2;1H. The van der Waals surface area contributed by atoms with Crippen molar-refractivity contribution in [3.63, 3.8) is 0 Å². The zero-order valence-corrected chi connectivity index (χ0v) is 17.5. The SMILES string of the molecule is Cl.O=S(=O)(Nc1cc(NCCN2CCOCC2)c2occc2c1)c1ccccc1. The fourth-order valence-electron chi connectivity index (χ4n) is 3.26. The average molecular weight is 438 g/mol. The maximum Gasteiger partial charge on any atom is 0.261 e. The van der Waals surface area contributed by atoms with E-state index in [1.807, 2.05) is 6.07 Å². The van der Waals surface area contributed by atoms with Gasteiger partial charge in [-0.1, -0.05) is 18.2 Å². The Kier molecular flexibility index (Phi) is 7.02. The molecule has 0 unspecified atom stereocenters. The summed E-state index contributed by atoms with van der Waals surface area (Å²) in [4.78, 5) is 2.56. The van der Waals surface area contributed by atoms with Crippen LogP contribution in [0.1, 0.15) is 0 Å². The van der Waals surface area contributed by atoms with E-state index in [9.17, 15) is 8.42 Å². The Balaban J connectivity index is 0.00000240. The zero-order valence-electron chi connectivity index (χ0n) is 15.8. The molecule has 0 spiro atoms. The summed E-state index contributed by atoms with van der Waals surface area (Å²) in [5.41, 5.74) is 1.97. The van der Waals surface area contributed by atoms with Gasteiger partial charge in [0.15, 0.2) is 5.58 Å². The molecule has 0 atom stereocenters. The quantitative estimate of drug-likeness (QED) is 0.589. The summed E-state index contributed by atoms with van der Waals surface area (Å²) in [5.74, 6) is 0. The Labute approximate surface area is 176 Å². The van der Waals surface area contributed by atoms with Crippen molar-refractivity contribution in [2.45, 2.75) is 4.90 Å². The number of benzene rings is 2. The lowest BCUT2D eigenvalue weighted by atomic mass is 10.2. The number of sulfonamides is 1. The Morgan fingerprint density at radius 1 is 1.03 bits per heavy atom. The van der Waals surface area contributed by atoms with Crippen LogP contribution in [-0.2, 0) is 14.8 Å². The van der Waals surface area contributed by atoms with Gasteiger partial charge in [-0.3, -0.25) is 9.62 Å². The summed E-state index contributed by atoms with van der Waals surface area (Å²) in [6.07, 6.45) is 1.60. The number of rotatable bonds is 7. The van der Waals surface area contributed by atoms with Crippen LogP contribution >= 0.6 is 12.4 Å². The molecule has 4 rings (SSSR count). The first-order valence-electron chi connectivity index (χ1n) is 9.25. The molecule has 9 heteroatoms. The molecule has 0 radical (unpaired) electrons. The van der Waals surface area contributed by atoms with Crippen LogP contribution in [0.3, 0.4) is 0 Å². The van der Waals surface area contributed by atoms with Crippen LogP contribution in [-0.4, -0.2) is 52.7 Å². The lowest BCUT2D eigenvalue weighted by Crippen LogP contribution is -2.39. The molecule has 0 saturated carbocycles. The van der Waals surface area contributed by atoms with Crippen molar-refractivity contribution in [3.05, 3.63) is 54.8 Å². The first-order valence-corrected chi connectivity index (χ1v) is 10.7. The molecule has 2 aromatic carbocycles. The molecule has 1 aromatic heterocycles. The molecule has 156 valence electrons. The van der Waals surface area contributed by atoms with E-state index in [4.69, 9.17) is 9.15 Å². The third-order valence-corrected chi connectivity index (χ3v) is 6.10. The molecular formula is C20H24ClN3O4S. The first-order chi connectivity index (χ1) is 13.6. The van der Waals surface area contributed by atoms with Crippen molar-refractivity contribution in [2.24, 2.45) is 0 Å². The molecule has 0 amide bonds. The normalized spacial score (nSPS) is 15.0. The largest absolute Gasteiger partial charge is 0.462 e. The Bertz CT molecular complexity index is 1030. The van der Waals surface area contributed by atoms with Gasteiger partial charge in [0.25, 0.3) is 10.0 Å². The number of morpholine rings is 1. The number of furan rings is 1. The summed E-state index contributed by atoms with van der Waals surface area (Å²) in [7, 11) is -3.65. The van der Waals surface area contributed by atoms with Crippen LogP contribution < -0.4 is 10.0 Å². The third kappa shape index (κ3) is 5.22. The van der Waals surface area contributed by atoms with Gasteiger partial charge in [-0.15, -0.1) is 12.4 Å². The second-order valence-corrected chi connectivity index (χ2v) is 8.34. The minimum atomic E-state index is -3.65. The average Bonchev–Trinajstić information content (AvgIpc) is 3.18. The first kappa shape index (κ1) is 21.4. The van der Waals surface area contributed by atoms with Crippen molar-refractivity contribution in [3.8, 4) is 0 Å². The topological polar surface area (TPSA) is 83.8 Å². The van der Waals surface area contributed by atoms with Gasteiger partial charge in [0.1, 0.15) is 0 Å². The molecule has 29 heavy (non-hydrogen) atoms. The van der Waals surface area contributed by atoms with Crippen LogP contribution in [0.25, 0.3) is 11.0 Å². The molecule has 3 aromatic rings. The summed E-state index contributed by atoms with van der Waals surface area (Å²) >= 11 is 0. The molecule has 7 nitrogen and oxygen atoms in total. The van der Waals surface area contributed by atoms with Gasteiger partial charge in [0.05, 0.1) is 35.7 Å². The summed E-state index contributed by atoms with van der Waals surface area (Å²) in [6, 6.07) is 13.7. The molecular weight excluding hydrogens is 414 g/mol. The van der Waals surface area contributed by atoms with E-state index < -0.39 is 10.0 Å². The van der Waals surface area contributed by atoms with Gasteiger partial charge in [-0.05, 0) is 30.3 Å². The molecule has 1 saturated heterocycles. The lowest BCUT2D eigenvalue weighted by Gasteiger charge is -2.26. The minimum absolute atomic E-state index is 0. The second kappa shape index (κ2) is 9.49. The minimum Gasteiger partial charge on any atom is -0.462 e. The Morgan fingerprint density at radius 2 is 1.79 bits per heavy atom. The smallest absolute Gasteiger partial charge is 0.261 e. The lowest BCUT2D eigenvalue weighted by molar-refractivity contribution is 0.0398. The van der Waals surface area contributed by atoms with Crippen LogP contribution in [0.4, 0.5) is 11.4 Å². The Morgan fingerprint density at radius 3 is 2.55 bits per heavy atom. The Hall–Kier alpha value is -2.26. The number of halogens is 1. The van der Waals surface area contributed by atoms with Crippen molar-refractivity contribution in [1.29, 1.82) is 0 Å². The second-order valence-electron chi connectivity index (χ2n) is 6.66. The molecule has 0 bridgehead atoms. The maximum absolute atomic E-state index is 12.6. The molecule has 2 N–H and O–H groups in total. The number of nitrogens with one attached hydrogen (secondary N) is 2. The zero-order chi connectivity index (χ0) is 19.4. The van der Waals surface area contributed by atoms with Crippen LogP contribution in [0, 0.1) is 0 Å². The van der Waals surface area contributed by atoms with E-state index in [0.29, 0.717) is 11.3 Å². The summed E-state index contributed by atoms with van der Waals surface area (Å²) < 4.78 is 38.9. The van der Waals surface area contributed by atoms with Gasteiger partial charge < -0.3 is 14.5 Å². The fourth-order valence-corrected chi connectivity index (χ4v) is 4.32. The van der Waals surface area contributed by atoms with E-state index in [-0.39, 0.29) is 17.3 Å². The maximum atomic E-state index is 12.6.